The Morgan fingerprint density at radius 3 is 2.73 bits per heavy atom. The van der Waals surface area contributed by atoms with Gasteiger partial charge in [0.2, 0.25) is 0 Å². The van der Waals surface area contributed by atoms with Crippen LogP contribution < -0.4 is 10.4 Å². The van der Waals surface area contributed by atoms with Crippen LogP contribution >= 0.6 is 0 Å². The zero-order valence-electron chi connectivity index (χ0n) is 14.6. The molecule has 0 unspecified atom stereocenters. The van der Waals surface area contributed by atoms with E-state index in [2.05, 4.69) is 0 Å². The third-order valence-electron chi connectivity index (χ3n) is 5.00. The summed E-state index contributed by atoms with van der Waals surface area (Å²) in [4.78, 5) is 22.9. The monoisotopic (exact) mass is 360 g/mol. The van der Waals surface area contributed by atoms with E-state index in [4.69, 9.17) is 18.6 Å². The van der Waals surface area contributed by atoms with E-state index in [1.165, 1.54) is 13.0 Å². The van der Waals surface area contributed by atoms with Crippen LogP contribution in [0.1, 0.15) is 26.7 Å². The van der Waals surface area contributed by atoms with Crippen molar-refractivity contribution in [3.8, 4) is 5.75 Å². The van der Waals surface area contributed by atoms with Gasteiger partial charge in [-0.3, -0.25) is 0 Å². The first kappa shape index (κ1) is 17.1. The lowest BCUT2D eigenvalue weighted by atomic mass is 9.94. The van der Waals surface area contributed by atoms with Crippen LogP contribution in [0.2, 0.25) is 0 Å². The Balaban J connectivity index is 1.35. The SMILES string of the molecule is C[C@]1(O)C[C@H](C[C@@]2(C)O[C@@H]2COc2ccc3ccc(=O)oc3c2)OC1=O. The van der Waals surface area contributed by atoms with Gasteiger partial charge in [-0.2, -0.15) is 0 Å². The van der Waals surface area contributed by atoms with Gasteiger partial charge in [-0.25, -0.2) is 9.59 Å². The molecule has 4 atom stereocenters. The standard InChI is InChI=1S/C19H20O7/c1-18(22)8-13(24-17(18)21)9-19(2)15(26-19)10-23-12-5-3-11-4-6-16(20)25-14(11)7-12/h3-7,13,15,22H,8-10H2,1-2H3/t13-,15-,18+,19-/m1/s1. The molecule has 0 amide bonds. The normalized spacial score (nSPS) is 33.3. The summed E-state index contributed by atoms with van der Waals surface area (Å²) in [6.45, 7) is 3.72. The second kappa shape index (κ2) is 5.82. The molecule has 2 fully saturated rings. The molecule has 7 heteroatoms. The number of rotatable bonds is 5. The maximum absolute atomic E-state index is 11.6. The van der Waals surface area contributed by atoms with E-state index in [1.807, 2.05) is 13.0 Å². The molecule has 7 nitrogen and oxygen atoms in total. The summed E-state index contributed by atoms with van der Waals surface area (Å²) >= 11 is 0. The van der Waals surface area contributed by atoms with E-state index < -0.39 is 22.8 Å². The lowest BCUT2D eigenvalue weighted by Crippen LogP contribution is -2.29. The van der Waals surface area contributed by atoms with Crippen molar-refractivity contribution in [3.63, 3.8) is 0 Å². The van der Waals surface area contributed by atoms with E-state index >= 15 is 0 Å². The Labute approximate surface area is 149 Å². The highest BCUT2D eigenvalue weighted by Gasteiger charge is 2.56. The van der Waals surface area contributed by atoms with Crippen molar-refractivity contribution in [2.75, 3.05) is 6.61 Å². The molecule has 0 saturated carbocycles. The third kappa shape index (κ3) is 3.20. The number of carbonyl (C=O) groups is 1. The van der Waals surface area contributed by atoms with Crippen LogP contribution in [0, 0.1) is 0 Å². The van der Waals surface area contributed by atoms with Crippen LogP contribution in [0.15, 0.2) is 39.5 Å². The summed E-state index contributed by atoms with van der Waals surface area (Å²) in [5.74, 6) is -0.00265. The Morgan fingerprint density at radius 2 is 2.00 bits per heavy atom. The predicted molar refractivity (Wildman–Crippen MR) is 91.0 cm³/mol. The number of epoxide rings is 1. The zero-order chi connectivity index (χ0) is 18.5. The van der Waals surface area contributed by atoms with Gasteiger partial charge in [0.1, 0.15) is 30.1 Å². The van der Waals surface area contributed by atoms with Crippen LogP contribution in [0.4, 0.5) is 0 Å². The second-order valence-corrected chi connectivity index (χ2v) is 7.39. The maximum Gasteiger partial charge on any atom is 0.338 e. The van der Waals surface area contributed by atoms with Crippen LogP contribution in [0.5, 0.6) is 5.75 Å². The molecule has 2 aliphatic heterocycles. The van der Waals surface area contributed by atoms with Crippen molar-refractivity contribution in [2.45, 2.75) is 50.1 Å². The molecule has 1 aromatic carbocycles. The first-order valence-corrected chi connectivity index (χ1v) is 8.53. The van der Waals surface area contributed by atoms with Crippen molar-refractivity contribution < 1.29 is 28.5 Å². The van der Waals surface area contributed by atoms with Gasteiger partial charge in [0, 0.05) is 30.4 Å². The second-order valence-electron chi connectivity index (χ2n) is 7.39. The molecule has 138 valence electrons. The number of aliphatic hydroxyl groups is 1. The molecule has 0 radical (unpaired) electrons. The van der Waals surface area contributed by atoms with Crippen molar-refractivity contribution in [1.82, 2.24) is 0 Å². The molecule has 26 heavy (non-hydrogen) atoms. The average molecular weight is 360 g/mol. The number of benzene rings is 1. The summed E-state index contributed by atoms with van der Waals surface area (Å²) in [6, 6.07) is 8.37. The number of cyclic esters (lactones) is 1. The van der Waals surface area contributed by atoms with Gasteiger partial charge in [-0.15, -0.1) is 0 Å². The van der Waals surface area contributed by atoms with Gasteiger partial charge in [0.25, 0.3) is 0 Å². The van der Waals surface area contributed by atoms with Crippen molar-refractivity contribution >= 4 is 16.9 Å². The zero-order valence-corrected chi connectivity index (χ0v) is 14.6. The Morgan fingerprint density at radius 1 is 1.23 bits per heavy atom. The summed E-state index contributed by atoms with van der Waals surface area (Å²) in [6.07, 6.45) is 0.282. The number of fused-ring (bicyclic) bond motifs is 1. The quantitative estimate of drug-likeness (QED) is 0.493. The third-order valence-corrected chi connectivity index (χ3v) is 5.00. The number of hydrogen-bond donors (Lipinski definition) is 1. The average Bonchev–Trinajstić information content (AvgIpc) is 3.12. The lowest BCUT2D eigenvalue weighted by Gasteiger charge is -2.13. The molecular weight excluding hydrogens is 340 g/mol. The fraction of sp³-hybridized carbons (Fsp3) is 0.474. The van der Waals surface area contributed by atoms with E-state index in [1.54, 1.807) is 18.2 Å². The Hall–Kier alpha value is -2.38. The number of hydrogen-bond acceptors (Lipinski definition) is 7. The minimum atomic E-state index is -1.42. The molecule has 2 aromatic rings. The minimum absolute atomic E-state index is 0.134. The summed E-state index contributed by atoms with van der Waals surface area (Å²) in [5.41, 5.74) is -1.81. The van der Waals surface area contributed by atoms with E-state index in [0.717, 1.165) is 5.39 Å². The maximum atomic E-state index is 11.6. The van der Waals surface area contributed by atoms with Gasteiger partial charge in [0.15, 0.2) is 5.60 Å². The van der Waals surface area contributed by atoms with E-state index in [9.17, 15) is 14.7 Å². The van der Waals surface area contributed by atoms with Crippen molar-refractivity contribution in [3.05, 3.63) is 40.8 Å². The van der Waals surface area contributed by atoms with E-state index in [-0.39, 0.29) is 18.6 Å². The van der Waals surface area contributed by atoms with Gasteiger partial charge in [0.05, 0.1) is 5.60 Å². The highest BCUT2D eigenvalue weighted by molar-refractivity contribution is 5.81. The van der Waals surface area contributed by atoms with Crippen molar-refractivity contribution in [1.29, 1.82) is 0 Å². The molecule has 0 bridgehead atoms. The Kier molecular flexibility index (Phi) is 3.82. The smallest absolute Gasteiger partial charge is 0.338 e. The van der Waals surface area contributed by atoms with Gasteiger partial charge < -0.3 is 23.7 Å². The van der Waals surface area contributed by atoms with Crippen LogP contribution in [-0.2, 0) is 14.3 Å². The van der Waals surface area contributed by atoms with Gasteiger partial charge >= 0.3 is 11.6 Å². The largest absolute Gasteiger partial charge is 0.491 e. The summed E-state index contributed by atoms with van der Waals surface area (Å²) < 4.78 is 21.8. The molecule has 0 spiro atoms. The fourth-order valence-corrected chi connectivity index (χ4v) is 3.40. The predicted octanol–water partition coefficient (Wildman–Crippen LogP) is 1.79. The number of ether oxygens (including phenoxy) is 3. The highest BCUT2D eigenvalue weighted by atomic mass is 16.6. The molecule has 1 aromatic heterocycles. The van der Waals surface area contributed by atoms with E-state index in [0.29, 0.717) is 24.4 Å². The molecule has 1 N–H and O–H groups in total. The summed E-state index contributed by atoms with van der Waals surface area (Å²) in [5, 5.41) is 10.7. The van der Waals surface area contributed by atoms with Crippen LogP contribution in [0.3, 0.4) is 0 Å². The molecule has 2 aliphatic rings. The number of esters is 1. The topological polar surface area (TPSA) is 98.5 Å². The molecule has 0 aliphatic carbocycles. The fourth-order valence-electron chi connectivity index (χ4n) is 3.40. The molecule has 4 rings (SSSR count). The molecular formula is C19H20O7. The number of carbonyl (C=O) groups excluding carboxylic acids is 1. The summed E-state index contributed by atoms with van der Waals surface area (Å²) in [7, 11) is 0. The van der Waals surface area contributed by atoms with Crippen LogP contribution in [0.25, 0.3) is 11.0 Å². The van der Waals surface area contributed by atoms with Gasteiger partial charge in [-0.05, 0) is 32.0 Å². The van der Waals surface area contributed by atoms with Crippen LogP contribution in [-0.4, -0.2) is 41.1 Å². The highest BCUT2D eigenvalue weighted by Crippen LogP contribution is 2.43. The molecule has 2 saturated heterocycles. The van der Waals surface area contributed by atoms with Gasteiger partial charge in [-0.1, -0.05) is 0 Å². The lowest BCUT2D eigenvalue weighted by molar-refractivity contribution is -0.153. The van der Waals surface area contributed by atoms with Crippen molar-refractivity contribution in [2.24, 2.45) is 0 Å². The molecule has 3 heterocycles. The first-order valence-electron chi connectivity index (χ1n) is 8.53. The minimum Gasteiger partial charge on any atom is -0.491 e. The first-order chi connectivity index (χ1) is 12.2. The Bertz CT molecular complexity index is 915.